The second kappa shape index (κ2) is 14.3. The number of anilines is 3. The number of hydrogen-bond acceptors (Lipinski definition) is 8. The van der Waals surface area contributed by atoms with Crippen LogP contribution in [0.4, 0.5) is 30.6 Å². The van der Waals surface area contributed by atoms with E-state index in [0.717, 1.165) is 76.3 Å². The second-order valence-electron chi connectivity index (χ2n) is 15.0. The predicted molar refractivity (Wildman–Crippen MR) is 178 cm³/mol. The smallest absolute Gasteiger partial charge is 0.369 e. The summed E-state index contributed by atoms with van der Waals surface area (Å²) in [5.41, 5.74) is 5.85. The van der Waals surface area contributed by atoms with Crippen molar-refractivity contribution in [3.8, 4) is 0 Å². The zero-order chi connectivity index (χ0) is 32.3. The molecule has 0 spiro atoms. The zero-order valence-corrected chi connectivity index (χ0v) is 27.9. The molecule has 46 heavy (non-hydrogen) atoms. The van der Waals surface area contributed by atoms with E-state index in [9.17, 15) is 13.2 Å². The van der Waals surface area contributed by atoms with Crippen molar-refractivity contribution in [2.45, 2.75) is 95.7 Å². The molecule has 3 aliphatic heterocycles. The van der Waals surface area contributed by atoms with Crippen molar-refractivity contribution in [1.29, 1.82) is 0 Å². The molecule has 1 aromatic heterocycles. The Kier molecular flexibility index (Phi) is 10.4. The normalized spacial score (nSPS) is 22.1. The van der Waals surface area contributed by atoms with Crippen LogP contribution in [0.15, 0.2) is 24.4 Å². The fourth-order valence-electron chi connectivity index (χ4n) is 7.50. The fraction of sp³-hybridized carbons (Fsp3) is 0.714. The molecule has 11 heteroatoms. The van der Waals surface area contributed by atoms with E-state index < -0.39 is 11.7 Å². The average molecular weight is 643 g/mol. The maximum Gasteiger partial charge on any atom is 0.421 e. The summed E-state index contributed by atoms with van der Waals surface area (Å²) in [5.74, 6) is 1.02. The number of hydrazine groups is 1. The Hall–Kier alpha value is -2.47. The van der Waals surface area contributed by atoms with Gasteiger partial charge in [-0.3, -0.25) is 5.43 Å². The van der Waals surface area contributed by atoms with Crippen LogP contribution in [-0.4, -0.2) is 90.2 Å². The first-order valence-corrected chi connectivity index (χ1v) is 17.5. The molecule has 0 radical (unpaired) electrons. The minimum atomic E-state index is -4.55. The summed E-state index contributed by atoms with van der Waals surface area (Å²) < 4.78 is 42.1. The Balaban J connectivity index is 1.13. The summed E-state index contributed by atoms with van der Waals surface area (Å²) in [6.07, 6.45) is 6.95. The van der Waals surface area contributed by atoms with E-state index in [2.05, 4.69) is 79.9 Å². The predicted octanol–water partition coefficient (Wildman–Crippen LogP) is 6.82. The molecule has 2 aromatic rings. The van der Waals surface area contributed by atoms with Crippen molar-refractivity contribution in [3.05, 3.63) is 41.1 Å². The third-order valence-corrected chi connectivity index (χ3v) is 10.4. The quantitative estimate of drug-likeness (QED) is 0.261. The Morgan fingerprint density at radius 2 is 1.67 bits per heavy atom. The van der Waals surface area contributed by atoms with Crippen LogP contribution in [-0.2, 0) is 6.18 Å². The van der Waals surface area contributed by atoms with Gasteiger partial charge in [0.25, 0.3) is 0 Å². The lowest BCUT2D eigenvalue weighted by atomic mass is 9.86. The van der Waals surface area contributed by atoms with Gasteiger partial charge in [0.1, 0.15) is 11.4 Å². The second-order valence-corrected chi connectivity index (χ2v) is 15.0. The van der Waals surface area contributed by atoms with Crippen molar-refractivity contribution in [1.82, 2.24) is 30.2 Å². The van der Waals surface area contributed by atoms with Gasteiger partial charge >= 0.3 is 6.18 Å². The first-order chi connectivity index (χ1) is 22.0. The van der Waals surface area contributed by atoms with Gasteiger partial charge in [-0.05, 0) is 119 Å². The third kappa shape index (κ3) is 8.70. The number of piperidine rings is 2. The number of halogens is 3. The highest BCUT2D eigenvalue weighted by atomic mass is 19.4. The molecule has 4 fully saturated rings. The van der Waals surface area contributed by atoms with Crippen molar-refractivity contribution >= 4 is 17.5 Å². The van der Waals surface area contributed by atoms with Crippen LogP contribution in [0, 0.1) is 5.41 Å². The Bertz CT molecular complexity index is 1290. The molecule has 0 amide bonds. The Morgan fingerprint density at radius 1 is 0.913 bits per heavy atom. The molecule has 3 N–H and O–H groups in total. The standard InChI is InChI=1S/C35H53F3N8/c1-34(2,24-46-16-6-4-5-15-41-46)23-40-32-30(35(36,37)38)22-39-33(43-32)42-31-10-9-27(21-29(31)26-7-8-26)25-11-19-45(20-12-25)28-13-17-44(3)18-14-28/h9-10,21-22,25-26,28,41H,4-8,11-20,23-24H2,1-3H3,(H2,39,40,42,43). The number of alkyl halides is 3. The van der Waals surface area contributed by atoms with Crippen molar-refractivity contribution < 1.29 is 13.2 Å². The van der Waals surface area contributed by atoms with E-state index >= 15 is 0 Å². The maximum absolute atomic E-state index is 14.0. The topological polar surface area (TPSA) is 71.6 Å². The Morgan fingerprint density at radius 3 is 2.39 bits per heavy atom. The third-order valence-electron chi connectivity index (χ3n) is 10.4. The number of hydrogen-bond donors (Lipinski definition) is 3. The van der Waals surface area contributed by atoms with E-state index in [0.29, 0.717) is 18.4 Å². The molecule has 3 saturated heterocycles. The molecule has 0 atom stereocenters. The first-order valence-electron chi connectivity index (χ1n) is 17.5. The molecule has 1 aromatic carbocycles. The summed E-state index contributed by atoms with van der Waals surface area (Å²) in [4.78, 5) is 13.7. The van der Waals surface area contributed by atoms with E-state index in [1.807, 2.05) is 0 Å². The molecule has 4 aliphatic rings. The van der Waals surface area contributed by atoms with E-state index in [4.69, 9.17) is 0 Å². The SMILES string of the molecule is CN1CCC(N2CCC(c3ccc(Nc4ncc(C(F)(F)F)c(NCC(C)(C)CN5CCCCCN5)n4)c(C4CC4)c3)CC2)CC1. The Labute approximate surface area is 272 Å². The van der Waals surface area contributed by atoms with Crippen LogP contribution in [0.3, 0.4) is 0 Å². The lowest BCUT2D eigenvalue weighted by Gasteiger charge is -2.41. The summed E-state index contributed by atoms with van der Waals surface area (Å²) >= 11 is 0. The van der Waals surface area contributed by atoms with Gasteiger partial charge in [-0.1, -0.05) is 32.4 Å². The van der Waals surface area contributed by atoms with Crippen LogP contribution in [0.25, 0.3) is 0 Å². The number of likely N-dealkylation sites (tertiary alicyclic amines) is 2. The highest BCUT2D eigenvalue weighted by molar-refractivity contribution is 5.63. The molecule has 8 nitrogen and oxygen atoms in total. The molecule has 6 rings (SSSR count). The number of benzene rings is 1. The summed E-state index contributed by atoms with van der Waals surface area (Å²) in [5, 5.41) is 8.56. The molecule has 1 saturated carbocycles. The van der Waals surface area contributed by atoms with Gasteiger partial charge in [0.2, 0.25) is 5.95 Å². The molecule has 0 unspecified atom stereocenters. The lowest BCUT2D eigenvalue weighted by Crippen LogP contribution is -2.46. The van der Waals surface area contributed by atoms with E-state index in [1.165, 1.54) is 56.3 Å². The number of rotatable bonds is 10. The molecule has 254 valence electrons. The van der Waals surface area contributed by atoms with Crippen LogP contribution in [0.1, 0.15) is 100 Å². The van der Waals surface area contributed by atoms with Gasteiger partial charge in [-0.2, -0.15) is 18.2 Å². The summed E-state index contributed by atoms with van der Waals surface area (Å²) in [6, 6.07) is 7.36. The van der Waals surface area contributed by atoms with Gasteiger partial charge in [-0.15, -0.1) is 0 Å². The first kappa shape index (κ1) is 33.4. The molecule has 1 aliphatic carbocycles. The van der Waals surface area contributed by atoms with Gasteiger partial charge < -0.3 is 20.4 Å². The van der Waals surface area contributed by atoms with Crippen LogP contribution in [0.2, 0.25) is 0 Å². The number of nitrogens with zero attached hydrogens (tertiary/aromatic N) is 5. The van der Waals surface area contributed by atoms with Gasteiger partial charge in [0.05, 0.1) is 0 Å². The van der Waals surface area contributed by atoms with Crippen molar-refractivity contribution in [2.24, 2.45) is 5.41 Å². The minimum Gasteiger partial charge on any atom is -0.369 e. The highest BCUT2D eigenvalue weighted by Gasteiger charge is 2.36. The monoisotopic (exact) mass is 642 g/mol. The fourth-order valence-corrected chi connectivity index (χ4v) is 7.50. The average Bonchev–Trinajstić information content (AvgIpc) is 3.89. The van der Waals surface area contributed by atoms with E-state index in [-0.39, 0.29) is 17.2 Å². The molecular formula is C35H53F3N8. The molecule has 0 bridgehead atoms. The van der Waals surface area contributed by atoms with Crippen LogP contribution < -0.4 is 16.1 Å². The minimum absolute atomic E-state index is 0.178. The highest BCUT2D eigenvalue weighted by Crippen LogP contribution is 2.46. The van der Waals surface area contributed by atoms with E-state index in [1.54, 1.807) is 0 Å². The maximum atomic E-state index is 14.0. The van der Waals surface area contributed by atoms with Crippen LogP contribution in [0.5, 0.6) is 0 Å². The largest absolute Gasteiger partial charge is 0.421 e. The number of aromatic nitrogens is 2. The molecular weight excluding hydrogens is 589 g/mol. The van der Waals surface area contributed by atoms with Gasteiger partial charge in [-0.25, -0.2) is 9.99 Å². The lowest BCUT2D eigenvalue weighted by molar-refractivity contribution is -0.137. The van der Waals surface area contributed by atoms with Gasteiger partial charge in [0.15, 0.2) is 0 Å². The van der Waals surface area contributed by atoms with Crippen molar-refractivity contribution in [3.63, 3.8) is 0 Å². The summed E-state index contributed by atoms with van der Waals surface area (Å²) in [7, 11) is 2.22. The molecule has 4 heterocycles. The summed E-state index contributed by atoms with van der Waals surface area (Å²) in [6.45, 7) is 11.8. The zero-order valence-electron chi connectivity index (χ0n) is 27.9. The van der Waals surface area contributed by atoms with Crippen LogP contribution >= 0.6 is 0 Å². The van der Waals surface area contributed by atoms with Crippen molar-refractivity contribution in [2.75, 3.05) is 70.0 Å². The number of nitrogens with one attached hydrogen (secondary N) is 3. The van der Waals surface area contributed by atoms with Gasteiger partial charge in [0, 0.05) is 44.1 Å².